The maximum Gasteiger partial charge on any atom is 0.414 e. The maximum absolute atomic E-state index is 12.6. The molecule has 1 aromatic heterocycles. The van der Waals surface area contributed by atoms with Gasteiger partial charge in [0.1, 0.15) is 5.82 Å². The van der Waals surface area contributed by atoms with Crippen LogP contribution in [-0.4, -0.2) is 56.2 Å². The molecule has 0 atom stereocenters. The highest BCUT2D eigenvalue weighted by Crippen LogP contribution is 2.08. The van der Waals surface area contributed by atoms with E-state index in [1.807, 2.05) is 31.2 Å². The number of hydrogen-bond acceptors (Lipinski definition) is 5. The molecule has 28 heavy (non-hydrogen) atoms. The van der Waals surface area contributed by atoms with Crippen molar-refractivity contribution in [3.63, 3.8) is 0 Å². The normalized spacial score (nSPS) is 13.3. The number of hydrogen-bond donors (Lipinski definition) is 2. The van der Waals surface area contributed by atoms with E-state index in [0.29, 0.717) is 11.9 Å². The molecule has 1 saturated heterocycles. The number of likely N-dealkylation sites (tertiary alicyclic amines) is 1. The second-order valence-electron chi connectivity index (χ2n) is 6.24. The second-order valence-corrected chi connectivity index (χ2v) is 6.24. The monoisotopic (exact) mass is 385 g/mol. The number of nitrogens with zero attached hydrogens (tertiary/aromatic N) is 3. The topological polar surface area (TPSA) is 113 Å². The van der Waals surface area contributed by atoms with Crippen LogP contribution in [0.5, 0.6) is 0 Å². The van der Waals surface area contributed by atoms with Crippen LogP contribution in [0.1, 0.15) is 25.6 Å². The Morgan fingerprint density at radius 2 is 1.68 bits per heavy atom. The van der Waals surface area contributed by atoms with Gasteiger partial charge in [0.15, 0.2) is 0 Å². The van der Waals surface area contributed by atoms with Gasteiger partial charge in [-0.3, -0.25) is 14.3 Å². The van der Waals surface area contributed by atoms with Gasteiger partial charge in [-0.1, -0.05) is 30.9 Å². The Labute approximate surface area is 162 Å². The molecule has 148 valence electrons. The molecule has 0 radical (unpaired) electrons. The summed E-state index contributed by atoms with van der Waals surface area (Å²) < 4.78 is 1.71. The zero-order valence-electron chi connectivity index (χ0n) is 15.7. The fourth-order valence-electron chi connectivity index (χ4n) is 2.89. The number of para-hydroxylation sites is 1. The third kappa shape index (κ3) is 5.66. The first-order valence-corrected chi connectivity index (χ1v) is 9.06. The summed E-state index contributed by atoms with van der Waals surface area (Å²) in [5, 5.41) is 15.5. The number of aliphatic carboxylic acids is 2. The number of fused-ring (bicyclic) bond motifs is 1. The van der Waals surface area contributed by atoms with Crippen molar-refractivity contribution < 1.29 is 19.8 Å². The molecule has 2 aromatic rings. The molecule has 0 saturated carbocycles. The van der Waals surface area contributed by atoms with Gasteiger partial charge in [0.25, 0.3) is 5.56 Å². The number of aryl methyl sites for hydroxylation is 1. The average molecular weight is 385 g/mol. The lowest BCUT2D eigenvalue weighted by Gasteiger charge is -2.10. The third-order valence-electron chi connectivity index (χ3n) is 4.30. The second kappa shape index (κ2) is 10.2. The number of carboxylic acid groups (broad SMARTS) is 2. The first-order valence-electron chi connectivity index (χ1n) is 9.06. The van der Waals surface area contributed by atoms with Crippen molar-refractivity contribution in [1.82, 2.24) is 14.5 Å². The Balaban J connectivity index is 0.000000409. The molecule has 8 heteroatoms. The molecule has 2 N–H and O–H groups in total. The van der Waals surface area contributed by atoms with Gasteiger partial charge in [0.2, 0.25) is 0 Å². The summed E-state index contributed by atoms with van der Waals surface area (Å²) >= 11 is 0. The lowest BCUT2D eigenvalue weighted by Crippen LogP contribution is -2.25. The SMILES string of the molecule is CCc1nc2ccccc2c(=O)n1CC#CCN1CCCC1.O=C(O)C(=O)O. The van der Waals surface area contributed by atoms with E-state index in [4.69, 9.17) is 19.8 Å². The Morgan fingerprint density at radius 3 is 2.29 bits per heavy atom. The van der Waals surface area contributed by atoms with Crippen molar-refractivity contribution in [1.29, 1.82) is 0 Å². The Kier molecular flexibility index (Phi) is 7.72. The molecule has 0 amide bonds. The summed E-state index contributed by atoms with van der Waals surface area (Å²) in [6, 6.07) is 7.51. The smallest absolute Gasteiger partial charge is 0.414 e. The first-order chi connectivity index (χ1) is 13.4. The fourth-order valence-corrected chi connectivity index (χ4v) is 2.89. The van der Waals surface area contributed by atoms with E-state index in [2.05, 4.69) is 21.7 Å². The average Bonchev–Trinajstić information content (AvgIpc) is 3.20. The van der Waals surface area contributed by atoms with Crippen LogP contribution in [0.25, 0.3) is 10.9 Å². The van der Waals surface area contributed by atoms with Gasteiger partial charge in [-0.25, -0.2) is 14.6 Å². The van der Waals surface area contributed by atoms with Crippen LogP contribution in [0.3, 0.4) is 0 Å². The van der Waals surface area contributed by atoms with Crippen molar-refractivity contribution in [2.24, 2.45) is 0 Å². The summed E-state index contributed by atoms with van der Waals surface area (Å²) in [7, 11) is 0. The van der Waals surface area contributed by atoms with E-state index in [1.54, 1.807) is 4.57 Å². The van der Waals surface area contributed by atoms with Gasteiger partial charge in [-0.2, -0.15) is 0 Å². The van der Waals surface area contributed by atoms with E-state index in [0.717, 1.165) is 37.4 Å². The molecule has 0 unspecified atom stereocenters. The van der Waals surface area contributed by atoms with E-state index in [-0.39, 0.29) is 5.56 Å². The zero-order chi connectivity index (χ0) is 20.5. The molecular weight excluding hydrogens is 362 g/mol. The van der Waals surface area contributed by atoms with Crippen molar-refractivity contribution in [3.8, 4) is 11.8 Å². The number of rotatable bonds is 3. The van der Waals surface area contributed by atoms with Gasteiger partial charge >= 0.3 is 11.9 Å². The lowest BCUT2D eigenvalue weighted by atomic mass is 10.2. The van der Waals surface area contributed by atoms with Gasteiger partial charge in [-0.15, -0.1) is 0 Å². The molecule has 1 aliphatic rings. The molecule has 0 bridgehead atoms. The van der Waals surface area contributed by atoms with Crippen LogP contribution < -0.4 is 5.56 Å². The van der Waals surface area contributed by atoms with Gasteiger partial charge < -0.3 is 10.2 Å². The number of carboxylic acids is 2. The van der Waals surface area contributed by atoms with Crippen LogP contribution in [0, 0.1) is 11.8 Å². The summed E-state index contributed by atoms with van der Waals surface area (Å²) in [5.41, 5.74) is 0.781. The largest absolute Gasteiger partial charge is 0.473 e. The Morgan fingerprint density at radius 1 is 1.07 bits per heavy atom. The molecule has 1 aromatic carbocycles. The van der Waals surface area contributed by atoms with Crippen LogP contribution >= 0.6 is 0 Å². The summed E-state index contributed by atoms with van der Waals surface area (Å²) in [6.07, 6.45) is 3.28. The number of aromatic nitrogens is 2. The third-order valence-corrected chi connectivity index (χ3v) is 4.30. The molecule has 8 nitrogen and oxygen atoms in total. The van der Waals surface area contributed by atoms with Crippen molar-refractivity contribution in [2.75, 3.05) is 19.6 Å². The molecule has 0 spiro atoms. The minimum atomic E-state index is -1.82. The number of carbonyl (C=O) groups is 2. The molecule has 1 fully saturated rings. The Bertz CT molecular complexity index is 953. The van der Waals surface area contributed by atoms with Gasteiger partial charge in [0.05, 0.1) is 24.0 Å². The van der Waals surface area contributed by atoms with E-state index in [9.17, 15) is 4.79 Å². The van der Waals surface area contributed by atoms with Crippen LogP contribution in [0.15, 0.2) is 29.1 Å². The molecule has 2 heterocycles. The predicted octanol–water partition coefficient (Wildman–Crippen LogP) is 1.21. The quantitative estimate of drug-likeness (QED) is 0.603. The fraction of sp³-hybridized carbons (Fsp3) is 0.400. The minimum absolute atomic E-state index is 0.0120. The van der Waals surface area contributed by atoms with Crippen LogP contribution in [-0.2, 0) is 22.6 Å². The molecule has 0 aliphatic carbocycles. The van der Waals surface area contributed by atoms with Crippen molar-refractivity contribution >= 4 is 22.8 Å². The predicted molar refractivity (Wildman–Crippen MR) is 104 cm³/mol. The lowest BCUT2D eigenvalue weighted by molar-refractivity contribution is -0.159. The maximum atomic E-state index is 12.6. The molecular formula is C20H23N3O5. The van der Waals surface area contributed by atoms with Gasteiger partial charge in [0, 0.05) is 6.42 Å². The highest BCUT2D eigenvalue weighted by atomic mass is 16.4. The minimum Gasteiger partial charge on any atom is -0.473 e. The van der Waals surface area contributed by atoms with Crippen molar-refractivity contribution in [2.45, 2.75) is 32.7 Å². The molecule has 3 rings (SSSR count). The summed E-state index contributed by atoms with van der Waals surface area (Å²) in [6.45, 7) is 5.54. The first kappa shape index (κ1) is 21.1. The number of benzene rings is 1. The highest BCUT2D eigenvalue weighted by molar-refractivity contribution is 6.27. The van der Waals surface area contributed by atoms with Gasteiger partial charge in [-0.05, 0) is 38.1 Å². The molecule has 1 aliphatic heterocycles. The van der Waals surface area contributed by atoms with Crippen molar-refractivity contribution in [3.05, 3.63) is 40.4 Å². The van der Waals surface area contributed by atoms with E-state index < -0.39 is 11.9 Å². The Hall–Kier alpha value is -3.18. The van der Waals surface area contributed by atoms with Crippen LogP contribution in [0.2, 0.25) is 0 Å². The van der Waals surface area contributed by atoms with E-state index >= 15 is 0 Å². The standard InChI is InChI=1S/C18H21N3O.C2H2O4/c1-2-17-19-16-10-4-3-9-15(16)18(22)21(17)14-8-7-13-20-11-5-6-12-20;3-1(4)2(5)6/h3-4,9-10H,2,5-6,11-14H2,1H3;(H,3,4)(H,5,6). The highest BCUT2D eigenvalue weighted by Gasteiger charge is 2.10. The summed E-state index contributed by atoms with van der Waals surface area (Å²) in [5.74, 6) is 3.49. The van der Waals surface area contributed by atoms with E-state index in [1.165, 1.54) is 12.8 Å². The summed E-state index contributed by atoms with van der Waals surface area (Å²) in [4.78, 5) is 37.8. The zero-order valence-corrected chi connectivity index (χ0v) is 15.7. The van der Waals surface area contributed by atoms with Crippen LogP contribution in [0.4, 0.5) is 0 Å².